The number of aliphatic carboxylic acids is 1. The number of hydrogen-bond acceptors (Lipinski definition) is 19. The van der Waals surface area contributed by atoms with E-state index >= 15 is 0 Å². The lowest BCUT2D eigenvalue weighted by Gasteiger charge is -2.30. The lowest BCUT2D eigenvalue weighted by molar-refractivity contribution is -0.143. The Morgan fingerprint density at radius 2 is 0.627 bits per heavy atom. The quantitative estimate of drug-likeness (QED) is 0.0329. The first-order chi connectivity index (χ1) is 47.9. The fourth-order valence-corrected chi connectivity index (χ4v) is 10.8. The van der Waals surface area contributed by atoms with Gasteiger partial charge >= 0.3 is 5.97 Å². The molecule has 32 heteroatoms. The number of amides is 12. The molecule has 0 bridgehead atoms. The highest BCUT2D eigenvalue weighted by Crippen LogP contribution is 2.16. The largest absolute Gasteiger partial charge is 0.480 e. The summed E-state index contributed by atoms with van der Waals surface area (Å²) in [7, 11) is 0. The minimum absolute atomic E-state index is 0.00495. The van der Waals surface area contributed by atoms with Crippen LogP contribution in [0.2, 0.25) is 0 Å². The molecule has 0 saturated carbocycles. The zero-order valence-electron chi connectivity index (χ0n) is 62.4. The van der Waals surface area contributed by atoms with Gasteiger partial charge in [-0.3, -0.25) is 57.5 Å². The van der Waals surface area contributed by atoms with Crippen LogP contribution in [0.1, 0.15) is 185 Å². The van der Waals surface area contributed by atoms with Gasteiger partial charge in [-0.1, -0.05) is 106 Å². The van der Waals surface area contributed by atoms with Gasteiger partial charge in [-0.05, 0) is 166 Å². The van der Waals surface area contributed by atoms with Crippen LogP contribution in [0.5, 0.6) is 0 Å². The Morgan fingerprint density at radius 3 is 1.03 bits per heavy atom. The molecule has 0 aliphatic heterocycles. The Hall–Kier alpha value is -7.91. The highest BCUT2D eigenvalue weighted by Gasteiger charge is 2.39. The van der Waals surface area contributed by atoms with Gasteiger partial charge in [0, 0.05) is 6.42 Å². The normalized spacial score (nSPS) is 15.6. The molecule has 0 unspecified atom stereocenters. The second kappa shape index (κ2) is 48.9. The summed E-state index contributed by atoms with van der Waals surface area (Å²) in [6.45, 7) is 22.1. The third kappa shape index (κ3) is 34.8. The molecule has 32 nitrogen and oxygen atoms in total. The number of unbranched alkanes of at least 4 members (excludes halogenated alkanes) is 4. The molecular weight excluding hydrogens is 1320 g/mol. The number of hydrogen-bond donors (Lipinski definition) is 19. The SMILES string of the molecule is CC(C)C[C@H](NC(=O)[C@H](Cc1ccccc1)NC(=O)[C@H](CC(C)C)NC(=O)[C@@H](NC(=O)[C@H](C)NC(=O)[C@H](C)NC(=O)[C@@H](NC(=O)[C@@H](NC(=O)[C@H](CCCCN)NC(=O)[C@H](CCCCN)NC(=O)[C@H](CCCCN)NC(=O)[C@@H](N)CCCCN)C(C)C)C(C)C)[C@@H](C)O)C(=O)N[C@H](C(=O)O)C(C)C. The number of aliphatic hydroxyl groups excluding tert-OH is 1. The van der Waals surface area contributed by atoms with Gasteiger partial charge in [0.2, 0.25) is 70.9 Å². The topological polar surface area (TPSA) is 537 Å². The maximum Gasteiger partial charge on any atom is 0.326 e. The van der Waals surface area contributed by atoms with Crippen molar-refractivity contribution in [3.63, 3.8) is 0 Å². The van der Waals surface area contributed by atoms with Gasteiger partial charge in [-0.15, -0.1) is 0 Å². The first-order valence-corrected chi connectivity index (χ1v) is 36.1. The predicted octanol–water partition coefficient (Wildman–Crippen LogP) is -1.54. The maximum absolute atomic E-state index is 14.3. The zero-order valence-corrected chi connectivity index (χ0v) is 62.4. The number of benzene rings is 1. The Bertz CT molecular complexity index is 2810. The zero-order chi connectivity index (χ0) is 77.5. The highest BCUT2D eigenvalue weighted by atomic mass is 16.4. The van der Waals surface area contributed by atoms with E-state index in [0.29, 0.717) is 83.0 Å². The molecule has 14 atom stereocenters. The van der Waals surface area contributed by atoms with Gasteiger partial charge in [-0.2, -0.15) is 0 Å². The van der Waals surface area contributed by atoms with Crippen LogP contribution in [0.25, 0.3) is 0 Å². The number of aliphatic hydroxyl groups is 1. The third-order valence-corrected chi connectivity index (χ3v) is 16.9. The number of carboxylic acid groups (broad SMARTS) is 1. The van der Waals surface area contributed by atoms with Crippen molar-refractivity contribution in [1.29, 1.82) is 0 Å². The molecule has 0 heterocycles. The number of carbonyl (C=O) groups is 13. The van der Waals surface area contributed by atoms with Gasteiger partial charge in [-0.25, -0.2) is 4.79 Å². The van der Waals surface area contributed by atoms with E-state index < -0.39 is 179 Å². The van der Waals surface area contributed by atoms with Crippen molar-refractivity contribution in [1.82, 2.24) is 63.8 Å². The van der Waals surface area contributed by atoms with E-state index in [0.717, 1.165) is 0 Å². The van der Waals surface area contributed by atoms with Gasteiger partial charge in [0.1, 0.15) is 72.5 Å². The Kier molecular flexibility index (Phi) is 44.1. The summed E-state index contributed by atoms with van der Waals surface area (Å²) in [5, 5.41) is 52.3. The number of rotatable bonds is 51. The fourth-order valence-electron chi connectivity index (χ4n) is 10.8. The first kappa shape index (κ1) is 92.1. The van der Waals surface area contributed by atoms with Crippen molar-refractivity contribution in [2.45, 2.75) is 271 Å². The molecule has 0 spiro atoms. The molecule has 12 amide bonds. The predicted molar refractivity (Wildman–Crippen MR) is 387 cm³/mol. The average Bonchev–Trinajstić information content (AvgIpc) is 0.855. The van der Waals surface area contributed by atoms with E-state index in [4.69, 9.17) is 28.7 Å². The number of nitrogens with two attached hydrogens (primary N) is 5. The molecule has 102 heavy (non-hydrogen) atoms. The summed E-state index contributed by atoms with van der Waals surface area (Å²) in [6, 6.07) is -7.99. The molecule has 0 aromatic heterocycles. The second-order valence-electron chi connectivity index (χ2n) is 28.3. The molecule has 24 N–H and O–H groups in total. The highest BCUT2D eigenvalue weighted by molar-refractivity contribution is 6.00. The molecule has 1 rings (SSSR count). The van der Waals surface area contributed by atoms with Gasteiger partial charge in [0.05, 0.1) is 12.1 Å². The lowest BCUT2D eigenvalue weighted by Crippen LogP contribution is -2.62. The van der Waals surface area contributed by atoms with Crippen LogP contribution in [-0.4, -0.2) is 198 Å². The molecule has 1 aromatic rings. The van der Waals surface area contributed by atoms with E-state index in [9.17, 15) is 72.5 Å². The number of carbonyl (C=O) groups excluding carboxylic acids is 12. The van der Waals surface area contributed by atoms with E-state index in [1.54, 1.807) is 85.7 Å². The number of carboxylic acids is 1. The third-order valence-electron chi connectivity index (χ3n) is 16.9. The number of nitrogens with one attached hydrogen (secondary N) is 12. The summed E-state index contributed by atoms with van der Waals surface area (Å²) in [5.74, 6) is -12.8. The molecule has 0 radical (unpaired) electrons. The summed E-state index contributed by atoms with van der Waals surface area (Å²) in [4.78, 5) is 180. The van der Waals surface area contributed by atoms with E-state index in [1.807, 2.05) is 13.8 Å². The Balaban J connectivity index is 3.35. The smallest absolute Gasteiger partial charge is 0.326 e. The summed E-state index contributed by atoms with van der Waals surface area (Å²) in [5.41, 5.74) is 29.7. The van der Waals surface area contributed by atoms with Crippen molar-refractivity contribution in [3.05, 3.63) is 35.9 Å². The van der Waals surface area contributed by atoms with Crippen molar-refractivity contribution in [2.24, 2.45) is 58.3 Å². The van der Waals surface area contributed by atoms with Crippen LogP contribution >= 0.6 is 0 Å². The van der Waals surface area contributed by atoms with Crippen molar-refractivity contribution in [3.8, 4) is 0 Å². The van der Waals surface area contributed by atoms with Crippen LogP contribution in [-0.2, 0) is 68.7 Å². The maximum atomic E-state index is 14.3. The van der Waals surface area contributed by atoms with Crippen LogP contribution in [0.15, 0.2) is 30.3 Å². The summed E-state index contributed by atoms with van der Waals surface area (Å²) < 4.78 is 0. The lowest BCUT2D eigenvalue weighted by atomic mass is 9.98. The molecular formula is C70H125N17O15. The molecule has 580 valence electrons. The van der Waals surface area contributed by atoms with Gasteiger partial charge in [0.25, 0.3) is 0 Å². The molecule has 0 aliphatic carbocycles. The van der Waals surface area contributed by atoms with Crippen LogP contribution < -0.4 is 92.5 Å². The van der Waals surface area contributed by atoms with Crippen molar-refractivity contribution in [2.75, 3.05) is 26.2 Å². The average molecular weight is 1440 g/mol. The molecule has 1 aromatic carbocycles. The van der Waals surface area contributed by atoms with E-state index in [1.165, 1.54) is 20.8 Å². The molecule has 0 aliphatic rings. The van der Waals surface area contributed by atoms with Crippen LogP contribution in [0.3, 0.4) is 0 Å². The monoisotopic (exact) mass is 1440 g/mol. The Morgan fingerprint density at radius 1 is 0.333 bits per heavy atom. The summed E-state index contributed by atoms with van der Waals surface area (Å²) in [6.07, 6.45) is 3.24. The summed E-state index contributed by atoms with van der Waals surface area (Å²) >= 11 is 0. The van der Waals surface area contributed by atoms with E-state index in [-0.39, 0.29) is 56.9 Å². The van der Waals surface area contributed by atoms with Gasteiger partial charge in [0.15, 0.2) is 0 Å². The Labute approximate surface area is 602 Å². The van der Waals surface area contributed by atoms with Gasteiger partial charge < -0.3 is 103 Å². The fraction of sp³-hybridized carbons (Fsp3) is 0.729. The van der Waals surface area contributed by atoms with Crippen molar-refractivity contribution >= 4 is 76.9 Å². The van der Waals surface area contributed by atoms with Crippen molar-refractivity contribution < 1.29 is 72.5 Å². The minimum Gasteiger partial charge on any atom is -0.480 e. The molecule has 0 saturated heterocycles. The standard InChI is InChI=1S/C70H125N17O15/c1-38(2)35-51(64(95)82-53(37-46-25-15-14-16-26-46)65(96)81-52(36-39(3)4)66(97)86-56(42(9)10)70(101)102)83-69(100)57(45(13)88)87-59(90)44(12)76-58(89)43(11)77-67(98)54(40(5)6)85-68(99)55(41(7)8)84-63(94)50(30-20-24-34-74)80-62(93)49(29-19-23-33-73)79-61(92)48(28-18-22-32-72)78-60(91)47(75)27-17-21-31-71/h14-16,25-26,38-45,47-57,88H,17-24,27-37,71-75H2,1-13H3,(H,76,89)(H,77,98)(H,78,91)(H,79,92)(H,80,93)(H,81,96)(H,82,95)(H,83,100)(H,84,94)(H,85,99)(H,86,97)(H,87,90)(H,101,102)/t43-,44-,45+,47-,48-,49-,50-,51-,52-,53-,54-,55-,56-,57-/m0/s1. The van der Waals surface area contributed by atoms with E-state index in [2.05, 4.69) is 63.8 Å². The van der Waals surface area contributed by atoms with Crippen LogP contribution in [0, 0.1) is 29.6 Å². The minimum atomic E-state index is -1.71. The van der Waals surface area contributed by atoms with Crippen LogP contribution in [0.4, 0.5) is 0 Å². The first-order valence-electron chi connectivity index (χ1n) is 36.1. The molecule has 0 fully saturated rings. The second-order valence-corrected chi connectivity index (χ2v) is 28.3.